The van der Waals surface area contributed by atoms with E-state index >= 15 is 0 Å². The molecule has 0 aromatic heterocycles. The van der Waals surface area contributed by atoms with Crippen LogP contribution in [-0.2, 0) is 0 Å². The molecule has 8 heteroatoms. The van der Waals surface area contributed by atoms with Crippen LogP contribution < -0.4 is 24.8 Å². The normalized spacial score (nSPS) is 13.8. The Kier molecular flexibility index (Phi) is 6.26. The van der Waals surface area contributed by atoms with E-state index in [1.54, 1.807) is 0 Å². The summed E-state index contributed by atoms with van der Waals surface area (Å²) >= 11 is 0. The number of aliphatic imine (C=N–C) groups is 1. The Bertz CT molecular complexity index is 1220. The number of guanidine groups is 1. The van der Waals surface area contributed by atoms with Crippen LogP contribution in [0.15, 0.2) is 71.4 Å². The number of allylic oxidation sites excluding steroid dienone is 5. The van der Waals surface area contributed by atoms with Gasteiger partial charge in [0.25, 0.3) is 5.91 Å². The predicted octanol–water partition coefficient (Wildman–Crippen LogP) is 4.17. The minimum absolute atomic E-state index is 0.164. The number of nitrogens with one attached hydrogen (secondary N) is 3. The number of hydrogen-bond acceptors (Lipinski definition) is 6. The number of rotatable bonds is 6. The highest BCUT2D eigenvalue weighted by atomic mass is 16.5. The molecule has 8 nitrogen and oxygen atoms in total. The summed E-state index contributed by atoms with van der Waals surface area (Å²) in [7, 11) is 4.44. The summed E-state index contributed by atoms with van der Waals surface area (Å²) in [5.41, 5.74) is 5.11. The van der Waals surface area contributed by atoms with Gasteiger partial charge in [-0.2, -0.15) is 0 Å². The summed E-state index contributed by atoms with van der Waals surface area (Å²) in [5.74, 6) is 0.445. The average molecular weight is 444 g/mol. The third kappa shape index (κ3) is 4.50. The number of methoxy groups -OCH3 is 3. The van der Waals surface area contributed by atoms with Crippen LogP contribution in [0.3, 0.4) is 0 Å². The second-order valence-electron chi connectivity index (χ2n) is 7.28. The molecule has 0 fully saturated rings. The topological polar surface area (TPSA) is 105 Å². The van der Waals surface area contributed by atoms with Crippen LogP contribution in [0.4, 0.5) is 5.69 Å². The SMILES string of the molecule is COc1cc(C(=O)NC(=N)Nc2cccc(C3=CN=C4CC=CC=C34)c2)cc(OC)c1OC. The van der Waals surface area contributed by atoms with Crippen molar-refractivity contribution in [1.29, 1.82) is 5.41 Å². The van der Waals surface area contributed by atoms with Gasteiger partial charge in [-0.3, -0.25) is 20.5 Å². The number of carbonyl (C=O) groups excluding carboxylic acids is 1. The van der Waals surface area contributed by atoms with Crippen LogP contribution in [-0.4, -0.2) is 38.9 Å². The van der Waals surface area contributed by atoms with Gasteiger partial charge < -0.3 is 19.5 Å². The van der Waals surface area contributed by atoms with Crippen molar-refractivity contribution in [2.45, 2.75) is 6.42 Å². The van der Waals surface area contributed by atoms with Crippen molar-refractivity contribution >= 4 is 28.8 Å². The van der Waals surface area contributed by atoms with E-state index in [1.807, 2.05) is 36.5 Å². The first-order valence-corrected chi connectivity index (χ1v) is 10.3. The minimum atomic E-state index is -0.487. The smallest absolute Gasteiger partial charge is 0.258 e. The first kappa shape index (κ1) is 21.9. The Balaban J connectivity index is 1.47. The van der Waals surface area contributed by atoms with Crippen molar-refractivity contribution in [2.75, 3.05) is 26.6 Å². The molecule has 0 atom stereocenters. The highest BCUT2D eigenvalue weighted by Crippen LogP contribution is 2.38. The number of nitrogens with zero attached hydrogens (tertiary/aromatic N) is 1. The second kappa shape index (κ2) is 9.44. The van der Waals surface area contributed by atoms with E-state index in [2.05, 4.69) is 27.8 Å². The average Bonchev–Trinajstić information content (AvgIpc) is 3.27. The summed E-state index contributed by atoms with van der Waals surface area (Å²) in [6.07, 6.45) is 8.85. The van der Waals surface area contributed by atoms with Crippen molar-refractivity contribution in [3.8, 4) is 17.2 Å². The predicted molar refractivity (Wildman–Crippen MR) is 129 cm³/mol. The van der Waals surface area contributed by atoms with Gasteiger partial charge in [0.05, 0.1) is 27.0 Å². The number of carbonyl (C=O) groups is 1. The van der Waals surface area contributed by atoms with Gasteiger partial charge in [0, 0.05) is 35.0 Å². The zero-order valence-corrected chi connectivity index (χ0v) is 18.6. The van der Waals surface area contributed by atoms with Crippen LogP contribution in [0.2, 0.25) is 0 Å². The molecule has 0 saturated heterocycles. The van der Waals surface area contributed by atoms with E-state index in [4.69, 9.17) is 19.6 Å². The van der Waals surface area contributed by atoms with Crippen molar-refractivity contribution in [1.82, 2.24) is 5.32 Å². The Labute approximate surface area is 191 Å². The number of anilines is 1. The first-order valence-electron chi connectivity index (χ1n) is 10.3. The number of amides is 1. The van der Waals surface area contributed by atoms with Crippen molar-refractivity contribution in [2.24, 2.45) is 4.99 Å². The van der Waals surface area contributed by atoms with E-state index in [0.717, 1.165) is 28.8 Å². The summed E-state index contributed by atoms with van der Waals surface area (Å²) < 4.78 is 15.9. The fourth-order valence-corrected chi connectivity index (χ4v) is 3.70. The van der Waals surface area contributed by atoms with Gasteiger partial charge in [-0.15, -0.1) is 0 Å². The van der Waals surface area contributed by atoms with Crippen LogP contribution in [0.25, 0.3) is 5.57 Å². The lowest BCUT2D eigenvalue weighted by molar-refractivity contribution is 0.0976. The molecule has 1 heterocycles. The Morgan fingerprint density at radius 2 is 1.79 bits per heavy atom. The number of ether oxygens (including phenoxy) is 3. The van der Waals surface area contributed by atoms with Gasteiger partial charge in [0.1, 0.15) is 0 Å². The maximum Gasteiger partial charge on any atom is 0.258 e. The lowest BCUT2D eigenvalue weighted by Gasteiger charge is -2.15. The molecule has 2 aromatic rings. The van der Waals surface area contributed by atoms with E-state index in [0.29, 0.717) is 22.9 Å². The second-order valence-corrected chi connectivity index (χ2v) is 7.28. The van der Waals surface area contributed by atoms with Crippen molar-refractivity contribution in [3.63, 3.8) is 0 Å². The summed E-state index contributed by atoms with van der Waals surface area (Å²) in [6, 6.07) is 10.7. The molecule has 3 N–H and O–H groups in total. The van der Waals surface area contributed by atoms with Gasteiger partial charge in [0.15, 0.2) is 17.5 Å². The molecular weight excluding hydrogens is 420 g/mol. The maximum absolute atomic E-state index is 12.7. The zero-order chi connectivity index (χ0) is 23.4. The molecule has 0 unspecified atom stereocenters. The third-order valence-corrected chi connectivity index (χ3v) is 5.27. The number of benzene rings is 2. The highest BCUT2D eigenvalue weighted by molar-refractivity contribution is 6.18. The van der Waals surface area contributed by atoms with E-state index in [-0.39, 0.29) is 11.5 Å². The van der Waals surface area contributed by atoms with E-state index < -0.39 is 5.91 Å². The summed E-state index contributed by atoms with van der Waals surface area (Å²) in [5, 5.41) is 13.7. The Morgan fingerprint density at radius 1 is 1.03 bits per heavy atom. The monoisotopic (exact) mass is 444 g/mol. The molecule has 168 valence electrons. The minimum Gasteiger partial charge on any atom is -0.493 e. The molecular formula is C25H24N4O4. The number of hydrogen-bond donors (Lipinski definition) is 3. The molecule has 0 bridgehead atoms. The number of fused-ring (bicyclic) bond motifs is 1. The molecule has 0 radical (unpaired) electrons. The van der Waals surface area contributed by atoms with Gasteiger partial charge in [-0.1, -0.05) is 30.4 Å². The molecule has 4 rings (SSSR count). The van der Waals surface area contributed by atoms with Crippen molar-refractivity contribution < 1.29 is 19.0 Å². The first-order chi connectivity index (χ1) is 16.0. The van der Waals surface area contributed by atoms with Gasteiger partial charge in [-0.25, -0.2) is 0 Å². The lowest BCUT2D eigenvalue weighted by Crippen LogP contribution is -2.35. The molecule has 33 heavy (non-hydrogen) atoms. The Hall–Kier alpha value is -4.33. The Morgan fingerprint density at radius 3 is 2.48 bits per heavy atom. The fourth-order valence-electron chi connectivity index (χ4n) is 3.70. The lowest BCUT2D eigenvalue weighted by atomic mass is 9.93. The third-order valence-electron chi connectivity index (χ3n) is 5.27. The maximum atomic E-state index is 12.7. The van der Waals surface area contributed by atoms with Crippen LogP contribution >= 0.6 is 0 Å². The summed E-state index contributed by atoms with van der Waals surface area (Å²) in [6.45, 7) is 0. The van der Waals surface area contributed by atoms with Gasteiger partial charge in [-0.05, 0) is 29.8 Å². The fraction of sp³-hybridized carbons (Fsp3) is 0.160. The molecule has 0 saturated carbocycles. The molecule has 1 amide bonds. The standard InChI is InChI=1S/C25H24N4O4/c1-31-21-12-16(13-22(32-2)23(21)33-3)24(30)29-25(26)28-17-8-6-7-15(11-17)19-14-27-20-10-5-4-9-18(19)20/h4-9,11-14H,10H2,1-3H3,(H3,26,28,29,30). The van der Waals surface area contributed by atoms with Crippen LogP contribution in [0, 0.1) is 5.41 Å². The molecule has 2 aromatic carbocycles. The highest BCUT2D eigenvalue weighted by Gasteiger charge is 2.20. The molecule has 0 spiro atoms. The molecule has 1 aliphatic heterocycles. The molecule has 2 aliphatic rings. The van der Waals surface area contributed by atoms with Gasteiger partial charge >= 0.3 is 0 Å². The van der Waals surface area contributed by atoms with Crippen molar-refractivity contribution in [3.05, 3.63) is 77.5 Å². The van der Waals surface area contributed by atoms with Crippen LogP contribution in [0.5, 0.6) is 17.2 Å². The van der Waals surface area contributed by atoms with Crippen LogP contribution in [0.1, 0.15) is 22.3 Å². The van der Waals surface area contributed by atoms with E-state index in [1.165, 1.54) is 33.5 Å². The van der Waals surface area contributed by atoms with E-state index in [9.17, 15) is 4.79 Å². The molecule has 1 aliphatic carbocycles. The summed E-state index contributed by atoms with van der Waals surface area (Å²) in [4.78, 5) is 17.2. The zero-order valence-electron chi connectivity index (χ0n) is 18.6. The van der Waals surface area contributed by atoms with Gasteiger partial charge in [0.2, 0.25) is 5.75 Å². The largest absolute Gasteiger partial charge is 0.493 e. The quantitative estimate of drug-likeness (QED) is 0.458.